The van der Waals surface area contributed by atoms with Gasteiger partial charge in [0.15, 0.2) is 0 Å². The molecule has 1 amide bonds. The van der Waals surface area contributed by atoms with Crippen molar-refractivity contribution in [3.63, 3.8) is 0 Å². The second-order valence-electron chi connectivity index (χ2n) is 7.38. The van der Waals surface area contributed by atoms with Crippen molar-refractivity contribution in [3.8, 4) is 11.1 Å². The minimum atomic E-state index is 0.0762. The summed E-state index contributed by atoms with van der Waals surface area (Å²) in [6.07, 6.45) is 7.64. The average Bonchev–Trinajstić information content (AvgIpc) is 3.27. The van der Waals surface area contributed by atoms with Gasteiger partial charge >= 0.3 is 0 Å². The lowest BCUT2D eigenvalue weighted by atomic mass is 9.90. The zero-order valence-corrected chi connectivity index (χ0v) is 17.4. The molecule has 1 unspecified atom stereocenters. The summed E-state index contributed by atoms with van der Waals surface area (Å²) in [6.45, 7) is 4.73. The average molecular weight is 408 g/mol. The number of aryl methyl sites for hydroxylation is 1. The van der Waals surface area contributed by atoms with Gasteiger partial charge in [-0.25, -0.2) is 9.97 Å². The van der Waals surface area contributed by atoms with E-state index in [1.54, 1.807) is 23.7 Å². The molecular weight excluding hydrogens is 382 g/mol. The van der Waals surface area contributed by atoms with Crippen LogP contribution in [0.5, 0.6) is 0 Å². The molecule has 1 aliphatic heterocycles. The summed E-state index contributed by atoms with van der Waals surface area (Å²) in [5.41, 5.74) is 3.22. The first-order chi connectivity index (χ1) is 14.2. The van der Waals surface area contributed by atoms with E-state index in [0.29, 0.717) is 19.0 Å². The molecule has 4 heterocycles. The molecule has 3 aromatic heterocycles. The number of piperidine rings is 1. The molecule has 3 aromatic rings. The molecule has 0 spiro atoms. The number of hydrogen-bond acceptors (Lipinski definition) is 6. The highest BCUT2D eigenvalue weighted by molar-refractivity contribution is 7.09. The predicted molar refractivity (Wildman–Crippen MR) is 115 cm³/mol. The molecule has 0 saturated carbocycles. The number of amides is 1. The third kappa shape index (κ3) is 5.05. The van der Waals surface area contributed by atoms with Gasteiger partial charge in [0.2, 0.25) is 5.91 Å². The Morgan fingerprint density at radius 3 is 2.97 bits per heavy atom. The van der Waals surface area contributed by atoms with Gasteiger partial charge in [0.25, 0.3) is 0 Å². The van der Waals surface area contributed by atoms with Gasteiger partial charge in [0.1, 0.15) is 5.82 Å². The zero-order chi connectivity index (χ0) is 20.1. The van der Waals surface area contributed by atoms with Crippen molar-refractivity contribution in [2.45, 2.75) is 32.2 Å². The fraction of sp³-hybridized carbons (Fsp3) is 0.364. The molecule has 6 nitrogen and oxygen atoms in total. The predicted octanol–water partition coefficient (Wildman–Crippen LogP) is 3.40. The van der Waals surface area contributed by atoms with Crippen LogP contribution < -0.4 is 5.32 Å². The monoisotopic (exact) mass is 407 g/mol. The van der Waals surface area contributed by atoms with Crippen LogP contribution in [0.15, 0.2) is 48.2 Å². The minimum Gasteiger partial charge on any atom is -0.350 e. The number of carbonyl (C=O) groups excluding carboxylic acids is 1. The van der Waals surface area contributed by atoms with Crippen LogP contribution >= 0.6 is 11.3 Å². The van der Waals surface area contributed by atoms with E-state index >= 15 is 0 Å². The van der Waals surface area contributed by atoms with Gasteiger partial charge in [0.05, 0.1) is 18.8 Å². The molecule has 1 N–H and O–H groups in total. The van der Waals surface area contributed by atoms with Crippen LogP contribution in [-0.2, 0) is 11.3 Å². The van der Waals surface area contributed by atoms with Crippen molar-refractivity contribution in [2.75, 3.05) is 19.6 Å². The normalized spacial score (nSPS) is 17.2. The molecule has 150 valence electrons. The first kappa shape index (κ1) is 19.7. The van der Waals surface area contributed by atoms with Crippen LogP contribution in [0.3, 0.4) is 0 Å². The lowest BCUT2D eigenvalue weighted by molar-refractivity contribution is -0.122. The summed E-state index contributed by atoms with van der Waals surface area (Å²) >= 11 is 1.66. The fourth-order valence-electron chi connectivity index (χ4n) is 3.83. The first-order valence-corrected chi connectivity index (χ1v) is 10.8. The second kappa shape index (κ2) is 9.24. The molecule has 29 heavy (non-hydrogen) atoms. The number of thiophene rings is 1. The quantitative estimate of drug-likeness (QED) is 0.678. The molecule has 0 bridgehead atoms. The smallest absolute Gasteiger partial charge is 0.234 e. The molecule has 7 heteroatoms. The van der Waals surface area contributed by atoms with Crippen LogP contribution in [0.1, 0.15) is 35.2 Å². The van der Waals surface area contributed by atoms with Crippen LogP contribution in [0.25, 0.3) is 11.1 Å². The van der Waals surface area contributed by atoms with Gasteiger partial charge in [-0.05, 0) is 55.5 Å². The number of aromatic nitrogens is 3. The molecule has 1 aliphatic rings. The molecule has 1 atom stereocenters. The molecule has 0 aliphatic carbocycles. The number of nitrogens with zero attached hydrogens (tertiary/aromatic N) is 4. The largest absolute Gasteiger partial charge is 0.350 e. The van der Waals surface area contributed by atoms with Gasteiger partial charge in [-0.15, -0.1) is 11.3 Å². The Morgan fingerprint density at radius 2 is 2.17 bits per heavy atom. The summed E-state index contributed by atoms with van der Waals surface area (Å²) in [5.74, 6) is 1.15. The van der Waals surface area contributed by atoms with Crippen molar-refractivity contribution in [2.24, 2.45) is 0 Å². The van der Waals surface area contributed by atoms with Crippen molar-refractivity contribution in [1.29, 1.82) is 0 Å². The number of rotatable bonds is 6. The molecule has 0 aromatic carbocycles. The van der Waals surface area contributed by atoms with E-state index in [0.717, 1.165) is 48.6 Å². The number of hydrogen-bond donors (Lipinski definition) is 1. The number of carbonyl (C=O) groups is 1. The maximum atomic E-state index is 12.4. The van der Waals surface area contributed by atoms with Crippen molar-refractivity contribution < 1.29 is 4.79 Å². The standard InChI is InChI=1S/C22H25N5OS/c1-16-24-13-20(17-6-8-23-9-7-17)22(26-16)18-4-2-10-27(14-18)15-21(28)25-12-19-5-3-11-29-19/h3,5-9,11,13,18H,2,4,10,12,14-15H2,1H3,(H,25,28). The Balaban J connectivity index is 1.44. The van der Waals surface area contributed by atoms with Crippen molar-refractivity contribution in [3.05, 3.63) is 64.6 Å². The lowest BCUT2D eigenvalue weighted by Crippen LogP contribution is -2.42. The van der Waals surface area contributed by atoms with Crippen LogP contribution in [-0.4, -0.2) is 45.4 Å². The third-order valence-corrected chi connectivity index (χ3v) is 6.11. The van der Waals surface area contributed by atoms with E-state index in [-0.39, 0.29) is 5.91 Å². The molecular formula is C22H25N5OS. The van der Waals surface area contributed by atoms with Gasteiger partial charge in [-0.3, -0.25) is 14.7 Å². The number of likely N-dealkylation sites (tertiary alicyclic amines) is 1. The van der Waals surface area contributed by atoms with E-state index in [9.17, 15) is 4.79 Å². The summed E-state index contributed by atoms with van der Waals surface area (Å²) < 4.78 is 0. The topological polar surface area (TPSA) is 71.0 Å². The van der Waals surface area contributed by atoms with Gasteiger partial charge in [-0.1, -0.05) is 6.07 Å². The highest BCUT2D eigenvalue weighted by Crippen LogP contribution is 2.32. The van der Waals surface area contributed by atoms with Crippen LogP contribution in [0.4, 0.5) is 0 Å². The first-order valence-electron chi connectivity index (χ1n) is 9.94. The van der Waals surface area contributed by atoms with E-state index in [1.807, 2.05) is 42.8 Å². The maximum absolute atomic E-state index is 12.4. The van der Waals surface area contributed by atoms with Crippen molar-refractivity contribution in [1.82, 2.24) is 25.2 Å². The van der Waals surface area contributed by atoms with Gasteiger partial charge < -0.3 is 5.32 Å². The van der Waals surface area contributed by atoms with Crippen LogP contribution in [0, 0.1) is 6.92 Å². The Morgan fingerprint density at radius 1 is 1.31 bits per heavy atom. The minimum absolute atomic E-state index is 0.0762. The molecule has 1 saturated heterocycles. The fourth-order valence-corrected chi connectivity index (χ4v) is 4.48. The van der Waals surface area contributed by atoms with Gasteiger partial charge in [0, 0.05) is 41.5 Å². The SMILES string of the molecule is Cc1ncc(-c2ccncc2)c(C2CCCN(CC(=O)NCc3cccs3)C2)n1. The van der Waals surface area contributed by atoms with Gasteiger partial charge in [-0.2, -0.15) is 0 Å². The highest BCUT2D eigenvalue weighted by atomic mass is 32.1. The van der Waals surface area contributed by atoms with Crippen LogP contribution in [0.2, 0.25) is 0 Å². The molecule has 1 fully saturated rings. The Kier molecular flexibility index (Phi) is 6.27. The number of pyridine rings is 1. The summed E-state index contributed by atoms with van der Waals surface area (Å²) in [4.78, 5) is 29.2. The maximum Gasteiger partial charge on any atom is 0.234 e. The van der Waals surface area contributed by atoms with Crippen molar-refractivity contribution >= 4 is 17.2 Å². The highest BCUT2D eigenvalue weighted by Gasteiger charge is 2.26. The summed E-state index contributed by atoms with van der Waals surface area (Å²) in [7, 11) is 0. The van der Waals surface area contributed by atoms with E-state index in [4.69, 9.17) is 4.98 Å². The third-order valence-electron chi connectivity index (χ3n) is 5.23. The molecule has 0 radical (unpaired) electrons. The zero-order valence-electron chi connectivity index (χ0n) is 16.5. The molecule has 4 rings (SSSR count). The lowest BCUT2D eigenvalue weighted by Gasteiger charge is -2.32. The summed E-state index contributed by atoms with van der Waals surface area (Å²) in [6, 6.07) is 8.04. The number of nitrogens with one attached hydrogen (secondary N) is 1. The Bertz CT molecular complexity index is 945. The Labute approximate surface area is 175 Å². The van der Waals surface area contributed by atoms with E-state index in [2.05, 4.69) is 20.2 Å². The summed E-state index contributed by atoms with van der Waals surface area (Å²) in [5, 5.41) is 5.06. The Hall–Kier alpha value is -2.64. The second-order valence-corrected chi connectivity index (χ2v) is 8.41. The van der Waals surface area contributed by atoms with E-state index < -0.39 is 0 Å². The van der Waals surface area contributed by atoms with E-state index in [1.165, 1.54) is 4.88 Å².